The van der Waals surface area contributed by atoms with Crippen molar-refractivity contribution in [1.82, 2.24) is 9.97 Å². The van der Waals surface area contributed by atoms with Crippen LogP contribution in [0.25, 0.3) is 11.0 Å². The van der Waals surface area contributed by atoms with E-state index in [9.17, 15) is 0 Å². The highest BCUT2D eigenvalue weighted by Crippen LogP contribution is 2.38. The van der Waals surface area contributed by atoms with Gasteiger partial charge in [-0.3, -0.25) is 4.98 Å². The third-order valence-electron chi connectivity index (χ3n) is 4.76. The maximum Gasteiger partial charge on any atom is 0.0890 e. The molecule has 0 saturated heterocycles. The van der Waals surface area contributed by atoms with E-state index in [-0.39, 0.29) is 6.04 Å². The van der Waals surface area contributed by atoms with E-state index in [1.807, 2.05) is 30.5 Å². The van der Waals surface area contributed by atoms with Gasteiger partial charge in [0.15, 0.2) is 0 Å². The summed E-state index contributed by atoms with van der Waals surface area (Å²) in [4.78, 5) is 9.24. The number of para-hydroxylation sites is 2. The van der Waals surface area contributed by atoms with E-state index in [0.29, 0.717) is 5.92 Å². The van der Waals surface area contributed by atoms with Crippen LogP contribution in [0.1, 0.15) is 50.8 Å². The second-order valence-electron chi connectivity index (χ2n) is 5.93. The molecule has 1 saturated carbocycles. The quantitative estimate of drug-likeness (QED) is 0.921. The van der Waals surface area contributed by atoms with Gasteiger partial charge in [0.25, 0.3) is 0 Å². The second-order valence-corrected chi connectivity index (χ2v) is 5.93. The Morgan fingerprint density at radius 2 is 1.95 bits per heavy atom. The molecule has 1 aromatic heterocycles. The molecule has 0 spiro atoms. The van der Waals surface area contributed by atoms with Gasteiger partial charge in [-0.05, 0) is 30.4 Å². The largest absolute Gasteiger partial charge is 0.322 e. The molecule has 3 rings (SSSR count). The van der Waals surface area contributed by atoms with E-state index < -0.39 is 0 Å². The first kappa shape index (κ1) is 13.5. The molecule has 1 aliphatic rings. The lowest BCUT2D eigenvalue weighted by atomic mass is 9.73. The SMILES string of the molecule is CCC1CCCCC1C(N)c1cnc2ccccc2n1. The number of nitrogens with zero attached hydrogens (tertiary/aromatic N) is 2. The molecule has 2 N–H and O–H groups in total. The van der Waals surface area contributed by atoms with Crippen LogP contribution >= 0.6 is 0 Å². The molecule has 3 heteroatoms. The third-order valence-corrected chi connectivity index (χ3v) is 4.76. The van der Waals surface area contributed by atoms with Crippen molar-refractivity contribution in [3.05, 3.63) is 36.2 Å². The Morgan fingerprint density at radius 3 is 2.75 bits per heavy atom. The lowest BCUT2D eigenvalue weighted by Crippen LogP contribution is -2.31. The van der Waals surface area contributed by atoms with E-state index in [2.05, 4.69) is 11.9 Å². The number of hydrogen-bond donors (Lipinski definition) is 1. The highest BCUT2D eigenvalue weighted by Gasteiger charge is 2.30. The maximum absolute atomic E-state index is 6.52. The summed E-state index contributed by atoms with van der Waals surface area (Å²) in [6, 6.07) is 8.02. The van der Waals surface area contributed by atoms with Crippen LogP contribution in [0.5, 0.6) is 0 Å². The second kappa shape index (κ2) is 5.88. The molecule has 0 bridgehead atoms. The average Bonchev–Trinajstić information content (AvgIpc) is 2.53. The zero-order valence-corrected chi connectivity index (χ0v) is 12.1. The molecular weight excluding hydrogens is 246 g/mol. The van der Waals surface area contributed by atoms with Crippen LogP contribution in [0.3, 0.4) is 0 Å². The molecular formula is C17H23N3. The lowest BCUT2D eigenvalue weighted by molar-refractivity contribution is 0.194. The highest BCUT2D eigenvalue weighted by atomic mass is 14.9. The van der Waals surface area contributed by atoms with E-state index in [0.717, 1.165) is 22.6 Å². The van der Waals surface area contributed by atoms with Crippen LogP contribution in [0.2, 0.25) is 0 Å². The topological polar surface area (TPSA) is 51.8 Å². The number of nitrogens with two attached hydrogens (primary N) is 1. The molecule has 0 radical (unpaired) electrons. The van der Waals surface area contributed by atoms with E-state index >= 15 is 0 Å². The Bertz CT molecular complexity index is 581. The number of benzene rings is 1. The summed E-state index contributed by atoms with van der Waals surface area (Å²) in [6.45, 7) is 2.28. The summed E-state index contributed by atoms with van der Waals surface area (Å²) in [5.41, 5.74) is 9.37. The van der Waals surface area contributed by atoms with Crippen molar-refractivity contribution in [1.29, 1.82) is 0 Å². The molecule has 0 amide bonds. The van der Waals surface area contributed by atoms with Gasteiger partial charge in [0.05, 0.1) is 29.0 Å². The van der Waals surface area contributed by atoms with Crippen LogP contribution in [-0.2, 0) is 0 Å². The van der Waals surface area contributed by atoms with Gasteiger partial charge in [0, 0.05) is 0 Å². The Hall–Kier alpha value is -1.48. The summed E-state index contributed by atoms with van der Waals surface area (Å²) in [5.74, 6) is 1.30. The molecule has 3 atom stereocenters. The van der Waals surface area contributed by atoms with Crippen molar-refractivity contribution in [2.75, 3.05) is 0 Å². The normalized spacial score (nSPS) is 24.7. The van der Waals surface area contributed by atoms with E-state index in [1.165, 1.54) is 32.1 Å². The van der Waals surface area contributed by atoms with Gasteiger partial charge in [0.1, 0.15) is 0 Å². The maximum atomic E-state index is 6.52. The third kappa shape index (κ3) is 2.55. The molecule has 1 heterocycles. The van der Waals surface area contributed by atoms with Crippen LogP contribution < -0.4 is 5.73 Å². The van der Waals surface area contributed by atoms with Crippen LogP contribution in [0.15, 0.2) is 30.5 Å². The molecule has 1 aliphatic carbocycles. The molecule has 106 valence electrons. The van der Waals surface area contributed by atoms with Crippen molar-refractivity contribution in [2.24, 2.45) is 17.6 Å². The van der Waals surface area contributed by atoms with Crippen molar-refractivity contribution >= 4 is 11.0 Å². The Kier molecular flexibility index (Phi) is 3.97. The fourth-order valence-electron chi connectivity index (χ4n) is 3.57. The van der Waals surface area contributed by atoms with Gasteiger partial charge in [-0.25, -0.2) is 4.98 Å². The molecule has 20 heavy (non-hydrogen) atoms. The summed E-state index contributed by atoms with van der Waals surface area (Å²) in [5, 5.41) is 0. The minimum atomic E-state index is 0.0253. The lowest BCUT2D eigenvalue weighted by Gasteiger charge is -2.34. The fraction of sp³-hybridized carbons (Fsp3) is 0.529. The number of aromatic nitrogens is 2. The standard InChI is InChI=1S/C17H23N3/c1-2-12-7-3-4-8-13(12)17(18)16-11-19-14-9-5-6-10-15(14)20-16/h5-6,9-13,17H,2-4,7-8,18H2,1H3. The summed E-state index contributed by atoms with van der Waals surface area (Å²) < 4.78 is 0. The molecule has 1 fully saturated rings. The fourth-order valence-corrected chi connectivity index (χ4v) is 3.57. The van der Waals surface area contributed by atoms with Crippen molar-refractivity contribution in [3.63, 3.8) is 0 Å². The predicted molar refractivity (Wildman–Crippen MR) is 82.2 cm³/mol. The van der Waals surface area contributed by atoms with Crippen molar-refractivity contribution < 1.29 is 0 Å². The summed E-state index contributed by atoms with van der Waals surface area (Å²) in [7, 11) is 0. The Morgan fingerprint density at radius 1 is 1.20 bits per heavy atom. The number of hydrogen-bond acceptors (Lipinski definition) is 3. The van der Waals surface area contributed by atoms with Crippen LogP contribution in [0, 0.1) is 11.8 Å². The Balaban J connectivity index is 1.89. The molecule has 1 aromatic carbocycles. The van der Waals surface area contributed by atoms with Crippen LogP contribution in [-0.4, -0.2) is 9.97 Å². The summed E-state index contributed by atoms with van der Waals surface area (Å²) in [6.07, 6.45) is 8.29. The zero-order valence-electron chi connectivity index (χ0n) is 12.1. The first-order valence-corrected chi connectivity index (χ1v) is 7.77. The van der Waals surface area contributed by atoms with Gasteiger partial charge in [-0.15, -0.1) is 0 Å². The molecule has 3 unspecified atom stereocenters. The molecule has 0 aliphatic heterocycles. The first-order valence-electron chi connectivity index (χ1n) is 7.77. The van der Waals surface area contributed by atoms with Crippen molar-refractivity contribution in [2.45, 2.75) is 45.1 Å². The average molecular weight is 269 g/mol. The van der Waals surface area contributed by atoms with Gasteiger partial charge in [0.2, 0.25) is 0 Å². The van der Waals surface area contributed by atoms with Crippen LogP contribution in [0.4, 0.5) is 0 Å². The van der Waals surface area contributed by atoms with Gasteiger partial charge in [-0.2, -0.15) is 0 Å². The highest BCUT2D eigenvalue weighted by molar-refractivity contribution is 5.73. The number of fused-ring (bicyclic) bond motifs is 1. The van der Waals surface area contributed by atoms with Gasteiger partial charge < -0.3 is 5.73 Å². The van der Waals surface area contributed by atoms with E-state index in [4.69, 9.17) is 10.7 Å². The minimum Gasteiger partial charge on any atom is -0.322 e. The van der Waals surface area contributed by atoms with Gasteiger partial charge >= 0.3 is 0 Å². The monoisotopic (exact) mass is 269 g/mol. The molecule has 3 nitrogen and oxygen atoms in total. The first-order chi connectivity index (χ1) is 9.79. The van der Waals surface area contributed by atoms with Crippen molar-refractivity contribution in [3.8, 4) is 0 Å². The predicted octanol–water partition coefficient (Wildman–Crippen LogP) is 3.85. The smallest absolute Gasteiger partial charge is 0.0890 e. The molecule has 2 aromatic rings. The zero-order chi connectivity index (χ0) is 13.9. The number of rotatable bonds is 3. The minimum absolute atomic E-state index is 0.0253. The van der Waals surface area contributed by atoms with E-state index in [1.54, 1.807) is 0 Å². The Labute approximate surface area is 120 Å². The summed E-state index contributed by atoms with van der Waals surface area (Å²) >= 11 is 0. The van der Waals surface area contributed by atoms with Gasteiger partial charge in [-0.1, -0.05) is 44.7 Å².